The van der Waals surface area contributed by atoms with Crippen molar-refractivity contribution in [3.8, 4) is 17.2 Å². The molecule has 0 amide bonds. The number of fused-ring (bicyclic) bond motifs is 1. The Hall–Kier alpha value is -1.69. The minimum Gasteiger partial charge on any atom is -0.375 e. The molecule has 0 aliphatic rings. The predicted octanol–water partition coefficient (Wildman–Crippen LogP) is 7.29. The fourth-order valence-corrected chi connectivity index (χ4v) is 10.2. The predicted molar refractivity (Wildman–Crippen MR) is 122 cm³/mol. The molecule has 0 saturated heterocycles. The lowest BCUT2D eigenvalue weighted by molar-refractivity contribution is -0.0499. The van der Waals surface area contributed by atoms with Crippen molar-refractivity contribution in [1.29, 1.82) is 0 Å². The molecule has 170 valence electrons. The molecule has 9 heteroatoms. The van der Waals surface area contributed by atoms with E-state index in [0.29, 0.717) is 22.0 Å². The van der Waals surface area contributed by atoms with Gasteiger partial charge in [-0.3, -0.25) is 0 Å². The summed E-state index contributed by atoms with van der Waals surface area (Å²) in [7, 11) is -8.01. The van der Waals surface area contributed by atoms with Crippen LogP contribution in [0.3, 0.4) is 0 Å². The highest BCUT2D eigenvalue weighted by molar-refractivity contribution is 7.88. The third-order valence-electron chi connectivity index (χ3n) is 5.71. The van der Waals surface area contributed by atoms with Crippen molar-refractivity contribution in [1.82, 2.24) is 0 Å². The molecule has 2 aromatic rings. The van der Waals surface area contributed by atoms with Crippen molar-refractivity contribution in [3.05, 3.63) is 40.9 Å². The standard InChI is InChI=1S/C22H26ClF3O3SSi/c1-14(2)31(15(3)4,16(5)6)13-12-18-19(23)11-10-17-8-7-9-20(21(17)18)29-30(27,28)22(24,25)26/h7-11,14-16H,1-6H3. The van der Waals surface area contributed by atoms with Gasteiger partial charge >= 0.3 is 15.6 Å². The highest BCUT2D eigenvalue weighted by atomic mass is 35.5. The zero-order valence-electron chi connectivity index (χ0n) is 18.3. The summed E-state index contributed by atoms with van der Waals surface area (Å²) in [6.07, 6.45) is 0. The first-order valence-electron chi connectivity index (χ1n) is 9.90. The van der Waals surface area contributed by atoms with E-state index in [4.69, 9.17) is 11.6 Å². The molecule has 2 aromatic carbocycles. The molecule has 0 unspecified atom stereocenters. The summed E-state index contributed by atoms with van der Waals surface area (Å²) in [5.41, 5.74) is -0.813. The number of alkyl halides is 3. The molecular weight excluding hydrogens is 465 g/mol. The summed E-state index contributed by atoms with van der Waals surface area (Å²) in [5.74, 6) is 2.68. The van der Waals surface area contributed by atoms with Gasteiger partial charge in [0.05, 0.1) is 10.6 Å². The molecule has 0 atom stereocenters. The van der Waals surface area contributed by atoms with Gasteiger partial charge in [-0.15, -0.1) is 5.54 Å². The van der Waals surface area contributed by atoms with Gasteiger partial charge in [0.15, 0.2) is 5.75 Å². The summed E-state index contributed by atoms with van der Waals surface area (Å²) >= 11 is 6.39. The molecule has 0 spiro atoms. The maximum Gasteiger partial charge on any atom is 0.534 e. The first kappa shape index (κ1) is 25.6. The fraction of sp³-hybridized carbons (Fsp3) is 0.455. The van der Waals surface area contributed by atoms with Crippen molar-refractivity contribution in [2.75, 3.05) is 0 Å². The van der Waals surface area contributed by atoms with Crippen LogP contribution in [0.1, 0.15) is 47.1 Å². The summed E-state index contributed by atoms with van der Waals surface area (Å²) < 4.78 is 66.5. The topological polar surface area (TPSA) is 43.4 Å². The lowest BCUT2D eigenvalue weighted by atomic mass is 10.0. The van der Waals surface area contributed by atoms with Gasteiger partial charge < -0.3 is 4.18 Å². The first-order chi connectivity index (χ1) is 14.1. The molecular formula is C22H26ClF3O3SSi. The fourth-order valence-electron chi connectivity index (χ4n) is 4.28. The van der Waals surface area contributed by atoms with Gasteiger partial charge in [0.1, 0.15) is 8.07 Å². The van der Waals surface area contributed by atoms with E-state index >= 15 is 0 Å². The Labute approximate surface area is 188 Å². The van der Waals surface area contributed by atoms with Crippen LogP contribution in [0.4, 0.5) is 13.2 Å². The second kappa shape index (κ2) is 9.05. The lowest BCUT2D eigenvalue weighted by Gasteiger charge is -2.38. The average Bonchev–Trinajstić information content (AvgIpc) is 2.61. The Kier molecular flexibility index (Phi) is 7.46. The second-order valence-electron chi connectivity index (χ2n) is 8.41. The molecule has 0 aliphatic heterocycles. The molecule has 0 aromatic heterocycles. The first-order valence-corrected chi connectivity index (χ1v) is 13.9. The van der Waals surface area contributed by atoms with Crippen LogP contribution in [0.15, 0.2) is 30.3 Å². The number of benzene rings is 2. The Morgan fingerprint density at radius 3 is 2.00 bits per heavy atom. The summed E-state index contributed by atoms with van der Waals surface area (Å²) in [6, 6.07) is 7.42. The zero-order valence-corrected chi connectivity index (χ0v) is 20.8. The van der Waals surface area contributed by atoms with Gasteiger partial charge in [0.2, 0.25) is 0 Å². The van der Waals surface area contributed by atoms with Crippen molar-refractivity contribution >= 4 is 40.6 Å². The van der Waals surface area contributed by atoms with Gasteiger partial charge in [0, 0.05) is 5.39 Å². The van der Waals surface area contributed by atoms with E-state index in [2.05, 4.69) is 57.2 Å². The molecule has 0 N–H and O–H groups in total. The summed E-state index contributed by atoms with van der Waals surface area (Å²) in [5, 5.41) is 0.851. The maximum atomic E-state index is 12.9. The van der Waals surface area contributed by atoms with Crippen LogP contribution in [0.5, 0.6) is 5.75 Å². The summed E-state index contributed by atoms with van der Waals surface area (Å²) in [4.78, 5) is 0. The van der Waals surface area contributed by atoms with Crippen molar-refractivity contribution < 1.29 is 25.8 Å². The van der Waals surface area contributed by atoms with E-state index in [1.54, 1.807) is 18.2 Å². The van der Waals surface area contributed by atoms with Crippen molar-refractivity contribution in [2.24, 2.45) is 0 Å². The van der Waals surface area contributed by atoms with Crippen LogP contribution in [-0.2, 0) is 10.1 Å². The largest absolute Gasteiger partial charge is 0.534 e. The summed E-state index contributed by atoms with van der Waals surface area (Å²) in [6.45, 7) is 12.8. The van der Waals surface area contributed by atoms with E-state index in [9.17, 15) is 21.6 Å². The van der Waals surface area contributed by atoms with Crippen LogP contribution in [0.2, 0.25) is 21.6 Å². The number of halogens is 4. The third kappa shape index (κ3) is 4.89. The van der Waals surface area contributed by atoms with E-state index in [0.717, 1.165) is 0 Å². The van der Waals surface area contributed by atoms with E-state index in [1.165, 1.54) is 12.1 Å². The van der Waals surface area contributed by atoms with E-state index < -0.39 is 29.4 Å². The van der Waals surface area contributed by atoms with Crippen LogP contribution < -0.4 is 4.18 Å². The lowest BCUT2D eigenvalue weighted by Crippen LogP contribution is -2.43. The molecule has 2 rings (SSSR count). The Bertz CT molecular complexity index is 1110. The van der Waals surface area contributed by atoms with E-state index in [1.807, 2.05) is 0 Å². The van der Waals surface area contributed by atoms with Gasteiger partial charge in [0.25, 0.3) is 0 Å². The smallest absolute Gasteiger partial charge is 0.375 e. The average molecular weight is 491 g/mol. The Morgan fingerprint density at radius 1 is 0.968 bits per heavy atom. The molecule has 0 aliphatic carbocycles. The highest BCUT2D eigenvalue weighted by Gasteiger charge is 2.49. The van der Waals surface area contributed by atoms with Gasteiger partial charge in [-0.2, -0.15) is 21.6 Å². The number of hydrogen-bond donors (Lipinski definition) is 0. The zero-order chi connectivity index (χ0) is 23.8. The Morgan fingerprint density at radius 2 is 1.52 bits per heavy atom. The molecule has 3 nitrogen and oxygen atoms in total. The van der Waals surface area contributed by atoms with Crippen LogP contribution in [0.25, 0.3) is 10.8 Å². The third-order valence-corrected chi connectivity index (χ3v) is 13.3. The minimum absolute atomic E-state index is 0.148. The molecule has 0 fully saturated rings. The number of hydrogen-bond acceptors (Lipinski definition) is 3. The van der Waals surface area contributed by atoms with Crippen molar-refractivity contribution in [3.63, 3.8) is 0 Å². The second-order valence-corrected chi connectivity index (χ2v) is 15.9. The van der Waals surface area contributed by atoms with Crippen LogP contribution >= 0.6 is 11.6 Å². The van der Waals surface area contributed by atoms with Gasteiger partial charge in [-0.25, -0.2) is 0 Å². The van der Waals surface area contributed by atoms with Gasteiger partial charge in [-0.1, -0.05) is 77.3 Å². The van der Waals surface area contributed by atoms with Crippen LogP contribution in [0, 0.1) is 11.5 Å². The van der Waals surface area contributed by atoms with Crippen molar-refractivity contribution in [2.45, 2.75) is 63.7 Å². The number of rotatable bonds is 5. The SMILES string of the molecule is CC(C)[Si](C#Cc1c(Cl)ccc2cccc(OS(=O)(=O)C(F)(F)F)c12)(C(C)C)C(C)C. The Balaban J connectivity index is 2.82. The maximum absolute atomic E-state index is 12.9. The molecule has 0 heterocycles. The monoisotopic (exact) mass is 490 g/mol. The molecule has 0 bridgehead atoms. The molecule has 31 heavy (non-hydrogen) atoms. The highest BCUT2D eigenvalue weighted by Crippen LogP contribution is 2.41. The van der Waals surface area contributed by atoms with E-state index in [-0.39, 0.29) is 16.0 Å². The quantitative estimate of drug-likeness (QED) is 0.191. The van der Waals surface area contributed by atoms with Crippen LogP contribution in [-0.4, -0.2) is 22.0 Å². The normalized spacial score (nSPS) is 13.1. The minimum atomic E-state index is -5.84. The molecule has 0 saturated carbocycles. The molecule has 0 radical (unpaired) electrons. The van der Waals surface area contributed by atoms with Gasteiger partial charge in [-0.05, 0) is 34.1 Å².